The number of nitrogens with zero attached hydrogens (tertiary/aromatic N) is 3. The molecule has 4 heterocycles. The lowest BCUT2D eigenvalue weighted by molar-refractivity contribution is -0.196. The van der Waals surface area contributed by atoms with Gasteiger partial charge in [0.25, 0.3) is 5.91 Å². The number of fused-ring (bicyclic) bond motifs is 1. The zero-order valence-electron chi connectivity index (χ0n) is 14.9. The van der Waals surface area contributed by atoms with Crippen LogP contribution in [0.25, 0.3) is 0 Å². The minimum Gasteiger partial charge on any atom is -0.480 e. The molecule has 7 nitrogen and oxygen atoms in total. The highest BCUT2D eigenvalue weighted by atomic mass is 16.5. The molecule has 5 rings (SSSR count). The molecule has 0 aliphatic carbocycles. The van der Waals surface area contributed by atoms with Gasteiger partial charge >= 0.3 is 0 Å². The summed E-state index contributed by atoms with van der Waals surface area (Å²) in [6.45, 7) is 1.79. The number of rotatable bonds is 3. The van der Waals surface area contributed by atoms with E-state index < -0.39 is 6.10 Å². The largest absolute Gasteiger partial charge is 0.480 e. The third-order valence-electron chi connectivity index (χ3n) is 5.47. The van der Waals surface area contributed by atoms with E-state index in [1.54, 1.807) is 18.6 Å². The van der Waals surface area contributed by atoms with E-state index in [0.717, 1.165) is 24.2 Å². The summed E-state index contributed by atoms with van der Waals surface area (Å²) in [5.74, 6) is 1.39. The monoisotopic (exact) mass is 367 g/mol. The first kappa shape index (κ1) is 16.5. The summed E-state index contributed by atoms with van der Waals surface area (Å²) in [4.78, 5) is 22.8. The first-order chi connectivity index (χ1) is 13.2. The molecule has 7 heteroatoms. The van der Waals surface area contributed by atoms with Gasteiger partial charge in [-0.05, 0) is 11.6 Å². The number of para-hydroxylation sites is 1. The number of amides is 1. The van der Waals surface area contributed by atoms with Crippen molar-refractivity contribution in [2.75, 3.05) is 19.7 Å². The molecule has 1 aromatic heterocycles. The van der Waals surface area contributed by atoms with Crippen LogP contribution in [0.2, 0.25) is 0 Å². The maximum absolute atomic E-state index is 12.8. The zero-order chi connectivity index (χ0) is 18.3. The van der Waals surface area contributed by atoms with Gasteiger partial charge in [-0.2, -0.15) is 0 Å². The third kappa shape index (κ3) is 3.12. The Morgan fingerprint density at radius 2 is 2.15 bits per heavy atom. The summed E-state index contributed by atoms with van der Waals surface area (Å²) in [5, 5.41) is 0. The van der Waals surface area contributed by atoms with Crippen LogP contribution in [-0.2, 0) is 16.0 Å². The molecule has 140 valence electrons. The number of aromatic nitrogens is 2. The molecule has 27 heavy (non-hydrogen) atoms. The second-order valence-electron chi connectivity index (χ2n) is 7.42. The molecule has 0 unspecified atom stereocenters. The molecular formula is C20H21N3O4. The van der Waals surface area contributed by atoms with E-state index in [-0.39, 0.29) is 17.6 Å². The molecule has 2 aromatic rings. The van der Waals surface area contributed by atoms with E-state index in [1.165, 1.54) is 0 Å². The van der Waals surface area contributed by atoms with Gasteiger partial charge in [0.15, 0.2) is 6.10 Å². The Morgan fingerprint density at radius 3 is 2.96 bits per heavy atom. The normalized spacial score (nSPS) is 25.4. The van der Waals surface area contributed by atoms with Gasteiger partial charge in [-0.25, -0.2) is 4.98 Å². The molecule has 3 aliphatic rings. The van der Waals surface area contributed by atoms with Crippen LogP contribution in [0.1, 0.15) is 18.4 Å². The van der Waals surface area contributed by atoms with Crippen LogP contribution < -0.4 is 9.47 Å². The van der Waals surface area contributed by atoms with Gasteiger partial charge in [0.1, 0.15) is 17.5 Å². The second kappa shape index (κ2) is 6.49. The Kier molecular flexibility index (Phi) is 3.97. The molecule has 2 fully saturated rings. The number of benzene rings is 1. The molecule has 2 atom stereocenters. The fourth-order valence-corrected chi connectivity index (χ4v) is 4.15. The maximum atomic E-state index is 12.8. The molecule has 0 N–H and O–H groups in total. The number of carbonyl (C=O) groups is 1. The Balaban J connectivity index is 1.18. The van der Waals surface area contributed by atoms with E-state index in [4.69, 9.17) is 14.2 Å². The molecule has 3 aliphatic heterocycles. The van der Waals surface area contributed by atoms with Crippen molar-refractivity contribution in [3.63, 3.8) is 0 Å². The van der Waals surface area contributed by atoms with Crippen molar-refractivity contribution in [3.8, 4) is 11.6 Å². The summed E-state index contributed by atoms with van der Waals surface area (Å²) < 4.78 is 17.8. The molecular weight excluding hydrogens is 346 g/mol. The molecule has 0 radical (unpaired) electrons. The number of likely N-dealkylation sites (tertiary alicyclic amines) is 1. The molecule has 0 bridgehead atoms. The van der Waals surface area contributed by atoms with Crippen molar-refractivity contribution in [3.05, 3.63) is 48.4 Å². The summed E-state index contributed by atoms with van der Waals surface area (Å²) >= 11 is 0. The van der Waals surface area contributed by atoms with E-state index in [0.29, 0.717) is 32.0 Å². The van der Waals surface area contributed by atoms with Crippen LogP contribution in [0.3, 0.4) is 0 Å². The van der Waals surface area contributed by atoms with Gasteiger partial charge in [0, 0.05) is 31.7 Å². The topological polar surface area (TPSA) is 73.8 Å². The summed E-state index contributed by atoms with van der Waals surface area (Å²) in [5.41, 5.74) is 0.782. The van der Waals surface area contributed by atoms with Crippen molar-refractivity contribution in [1.82, 2.24) is 14.9 Å². The van der Waals surface area contributed by atoms with Gasteiger partial charge in [-0.1, -0.05) is 18.2 Å². The van der Waals surface area contributed by atoms with Gasteiger partial charge in [0.2, 0.25) is 5.88 Å². The molecule has 1 aromatic carbocycles. The van der Waals surface area contributed by atoms with Gasteiger partial charge in [0.05, 0.1) is 25.9 Å². The minimum atomic E-state index is -0.421. The SMILES string of the molecule is O=C([C@H]1Cc2ccccc2O1)N1CC2(C[C@H](Oc3cnccn3)CCO2)C1. The fraction of sp³-hybridized carbons (Fsp3) is 0.450. The Morgan fingerprint density at radius 1 is 1.26 bits per heavy atom. The van der Waals surface area contributed by atoms with E-state index in [1.807, 2.05) is 29.2 Å². The Labute approximate surface area is 157 Å². The number of hydrogen-bond acceptors (Lipinski definition) is 6. The molecule has 1 amide bonds. The Hall–Kier alpha value is -2.67. The Bertz CT molecular complexity index is 813. The highest BCUT2D eigenvalue weighted by Crippen LogP contribution is 2.37. The maximum Gasteiger partial charge on any atom is 0.264 e. The molecule has 2 saturated heterocycles. The first-order valence-corrected chi connectivity index (χ1v) is 9.31. The van der Waals surface area contributed by atoms with Crippen LogP contribution in [0.5, 0.6) is 11.6 Å². The lowest BCUT2D eigenvalue weighted by atomic mass is 9.84. The molecule has 0 saturated carbocycles. The summed E-state index contributed by atoms with van der Waals surface area (Å²) in [7, 11) is 0. The lowest BCUT2D eigenvalue weighted by Gasteiger charge is -2.53. The van der Waals surface area contributed by atoms with E-state index >= 15 is 0 Å². The quantitative estimate of drug-likeness (QED) is 0.821. The van der Waals surface area contributed by atoms with Crippen molar-refractivity contribution in [2.45, 2.75) is 37.1 Å². The third-order valence-corrected chi connectivity index (χ3v) is 5.47. The zero-order valence-corrected chi connectivity index (χ0v) is 14.9. The average Bonchev–Trinajstić information content (AvgIpc) is 3.11. The highest BCUT2D eigenvalue weighted by Gasteiger charge is 2.51. The van der Waals surface area contributed by atoms with Crippen LogP contribution >= 0.6 is 0 Å². The van der Waals surface area contributed by atoms with E-state index in [2.05, 4.69) is 9.97 Å². The van der Waals surface area contributed by atoms with Crippen molar-refractivity contribution < 1.29 is 19.0 Å². The first-order valence-electron chi connectivity index (χ1n) is 9.31. The van der Waals surface area contributed by atoms with Crippen LogP contribution in [0.15, 0.2) is 42.9 Å². The second-order valence-corrected chi connectivity index (χ2v) is 7.42. The van der Waals surface area contributed by atoms with Crippen LogP contribution in [-0.4, -0.2) is 58.3 Å². The number of carbonyl (C=O) groups excluding carboxylic acids is 1. The predicted molar refractivity (Wildman–Crippen MR) is 95.5 cm³/mol. The average molecular weight is 367 g/mol. The predicted octanol–water partition coefficient (Wildman–Crippen LogP) is 1.62. The van der Waals surface area contributed by atoms with Crippen LogP contribution in [0.4, 0.5) is 0 Å². The smallest absolute Gasteiger partial charge is 0.264 e. The van der Waals surface area contributed by atoms with Gasteiger partial charge in [-0.15, -0.1) is 0 Å². The van der Waals surface area contributed by atoms with Gasteiger partial charge in [-0.3, -0.25) is 9.78 Å². The number of ether oxygens (including phenoxy) is 3. The summed E-state index contributed by atoms with van der Waals surface area (Å²) in [6, 6.07) is 7.83. The van der Waals surface area contributed by atoms with Crippen molar-refractivity contribution >= 4 is 5.91 Å². The molecule has 1 spiro atoms. The van der Waals surface area contributed by atoms with Crippen LogP contribution in [0, 0.1) is 0 Å². The van der Waals surface area contributed by atoms with Gasteiger partial charge < -0.3 is 19.1 Å². The van der Waals surface area contributed by atoms with E-state index in [9.17, 15) is 4.79 Å². The van der Waals surface area contributed by atoms with Crippen molar-refractivity contribution in [2.24, 2.45) is 0 Å². The number of hydrogen-bond donors (Lipinski definition) is 0. The fourth-order valence-electron chi connectivity index (χ4n) is 4.15. The summed E-state index contributed by atoms with van der Waals surface area (Å²) in [6.07, 6.45) is 6.66. The lowest BCUT2D eigenvalue weighted by Crippen LogP contribution is -2.69. The standard InChI is InChI=1S/C20H21N3O4/c24-19(17-9-14-3-1-2-4-16(14)27-17)23-12-20(13-23)10-15(5-8-25-20)26-18-11-21-6-7-22-18/h1-4,6-7,11,15,17H,5,8-10,12-13H2/t15-,17-/m1/s1. The van der Waals surface area contributed by atoms with Crippen molar-refractivity contribution in [1.29, 1.82) is 0 Å². The minimum absolute atomic E-state index is 0.0275. The highest BCUT2D eigenvalue weighted by molar-refractivity contribution is 5.83.